The topological polar surface area (TPSA) is 103 Å². The molecule has 3 N–H and O–H groups in total. The Labute approximate surface area is 117 Å². The van der Waals surface area contributed by atoms with E-state index in [2.05, 4.69) is 31.7 Å². The number of aromatic nitrogens is 2. The normalized spacial score (nSPS) is 10.4. The van der Waals surface area contributed by atoms with Crippen LogP contribution in [0.15, 0.2) is 22.7 Å². The van der Waals surface area contributed by atoms with Crippen molar-refractivity contribution >= 4 is 38.3 Å². The number of ether oxygens (including phenoxy) is 1. The summed E-state index contributed by atoms with van der Waals surface area (Å²) in [6.45, 7) is 0.281. The van der Waals surface area contributed by atoms with Crippen LogP contribution in [0.3, 0.4) is 0 Å². The number of methoxy groups -OCH3 is 1. The van der Waals surface area contributed by atoms with Crippen LogP contribution in [0.2, 0.25) is 0 Å². The van der Waals surface area contributed by atoms with Gasteiger partial charge in [0.25, 0.3) is 5.91 Å². The minimum atomic E-state index is -0.446. The van der Waals surface area contributed by atoms with Crippen LogP contribution in [0.1, 0.15) is 16.2 Å². The van der Waals surface area contributed by atoms with Gasteiger partial charge in [0.05, 0.1) is 6.61 Å². The molecule has 2 rings (SSSR count). The summed E-state index contributed by atoms with van der Waals surface area (Å²) in [5.41, 5.74) is 6.19. The van der Waals surface area contributed by atoms with Crippen molar-refractivity contribution in [2.24, 2.45) is 0 Å². The van der Waals surface area contributed by atoms with Crippen molar-refractivity contribution in [3.05, 3.63) is 29.7 Å². The molecule has 96 valence electrons. The SMILES string of the molecule is COCc1cc(C(=O)Nc2cc[c]([Al])c(N)n2)on1. The van der Waals surface area contributed by atoms with Gasteiger partial charge in [-0.15, -0.1) is 0 Å². The lowest BCUT2D eigenvalue weighted by Gasteiger charge is -2.04. The van der Waals surface area contributed by atoms with Gasteiger partial charge in [0, 0.05) is 13.2 Å². The smallest absolute Gasteiger partial charge is 0.295 e. The van der Waals surface area contributed by atoms with Crippen molar-refractivity contribution in [3.63, 3.8) is 0 Å². The number of pyridine rings is 1. The van der Waals surface area contributed by atoms with Crippen molar-refractivity contribution in [2.75, 3.05) is 18.2 Å². The van der Waals surface area contributed by atoms with Crippen molar-refractivity contribution < 1.29 is 14.1 Å². The third-order valence-corrected chi connectivity index (χ3v) is 2.76. The second-order valence-corrected chi connectivity index (χ2v) is 4.36. The van der Waals surface area contributed by atoms with E-state index in [0.717, 1.165) is 4.43 Å². The molecule has 0 saturated carbocycles. The number of nitrogens with two attached hydrogens (primary N) is 1. The molecule has 0 spiro atoms. The molecular weight excluding hydrogens is 263 g/mol. The fourth-order valence-electron chi connectivity index (χ4n) is 1.37. The first-order chi connectivity index (χ1) is 9.10. The Morgan fingerprint density at radius 1 is 1.58 bits per heavy atom. The van der Waals surface area contributed by atoms with Gasteiger partial charge in [-0.2, -0.15) is 0 Å². The van der Waals surface area contributed by atoms with Crippen LogP contribution in [-0.4, -0.2) is 39.4 Å². The van der Waals surface area contributed by atoms with E-state index < -0.39 is 5.91 Å². The molecule has 8 heteroatoms. The number of amides is 1. The molecule has 2 radical (unpaired) electrons. The van der Waals surface area contributed by atoms with Crippen LogP contribution in [-0.2, 0) is 11.3 Å². The molecule has 2 heterocycles. The summed E-state index contributed by atoms with van der Waals surface area (Å²) in [6.07, 6.45) is 0. The first-order valence-corrected chi connectivity index (χ1v) is 5.95. The highest BCUT2D eigenvalue weighted by atomic mass is 27.0. The molecule has 0 saturated heterocycles. The zero-order valence-electron chi connectivity index (χ0n) is 10.2. The minimum absolute atomic E-state index is 0.0855. The molecule has 0 aliphatic rings. The van der Waals surface area contributed by atoms with Crippen LogP contribution in [0.4, 0.5) is 11.6 Å². The second kappa shape index (κ2) is 5.84. The molecule has 0 atom stereocenters. The number of nitrogens with zero attached hydrogens (tertiary/aromatic N) is 2. The highest BCUT2D eigenvalue weighted by Gasteiger charge is 2.13. The summed E-state index contributed by atoms with van der Waals surface area (Å²) in [6, 6.07) is 4.88. The van der Waals surface area contributed by atoms with Gasteiger partial charge in [0.1, 0.15) is 17.3 Å². The second-order valence-electron chi connectivity index (χ2n) is 3.74. The molecular formula is C11H11AlN4O3. The molecule has 0 aromatic carbocycles. The largest absolute Gasteiger partial charge is 0.385 e. The van der Waals surface area contributed by atoms with Crippen LogP contribution in [0, 0.1) is 0 Å². The number of carbonyl (C=O) groups excluding carboxylic acids is 1. The van der Waals surface area contributed by atoms with E-state index in [1.165, 1.54) is 13.2 Å². The lowest BCUT2D eigenvalue weighted by atomic mass is 10.3. The van der Waals surface area contributed by atoms with E-state index in [0.29, 0.717) is 17.3 Å². The lowest BCUT2D eigenvalue weighted by molar-refractivity contribution is 0.0987. The van der Waals surface area contributed by atoms with Gasteiger partial charge in [0.2, 0.25) is 5.76 Å². The third-order valence-electron chi connectivity index (χ3n) is 2.27. The average molecular weight is 274 g/mol. The van der Waals surface area contributed by atoms with Gasteiger partial charge in [-0.3, -0.25) is 4.79 Å². The van der Waals surface area contributed by atoms with E-state index in [1.54, 1.807) is 12.1 Å². The molecule has 2 aromatic heterocycles. The summed E-state index contributed by atoms with van der Waals surface area (Å²) in [7, 11) is 1.53. The van der Waals surface area contributed by atoms with E-state index in [1.807, 2.05) is 0 Å². The van der Waals surface area contributed by atoms with E-state index in [4.69, 9.17) is 15.0 Å². The minimum Gasteiger partial charge on any atom is -0.385 e. The Morgan fingerprint density at radius 2 is 2.37 bits per heavy atom. The Kier molecular flexibility index (Phi) is 4.17. The standard InChI is InChI=1S/C11H11N4O3.Al/c1-17-6-7-5-8(18-15-7)11(16)14-10-4-2-3-9(12)13-10;/h2,4-5H,6H2,1H3,(H3,12,13,14,16);. The predicted molar refractivity (Wildman–Crippen MR) is 69.2 cm³/mol. The van der Waals surface area contributed by atoms with Gasteiger partial charge < -0.3 is 20.3 Å². The summed E-state index contributed by atoms with van der Waals surface area (Å²) in [5.74, 6) is 0.319. The molecule has 0 bridgehead atoms. The molecule has 19 heavy (non-hydrogen) atoms. The molecule has 0 aliphatic carbocycles. The van der Waals surface area contributed by atoms with Gasteiger partial charge in [-0.25, -0.2) is 4.98 Å². The fourth-order valence-corrected chi connectivity index (χ4v) is 1.53. The number of rotatable bonds is 4. The van der Waals surface area contributed by atoms with Gasteiger partial charge in [-0.05, 0) is 6.07 Å². The van der Waals surface area contributed by atoms with Crippen LogP contribution >= 0.6 is 0 Å². The molecule has 2 aromatic rings. The van der Waals surface area contributed by atoms with Crippen molar-refractivity contribution in [3.8, 4) is 0 Å². The number of carbonyl (C=O) groups is 1. The molecule has 0 aliphatic heterocycles. The number of hydrogen-bond acceptors (Lipinski definition) is 6. The summed E-state index contributed by atoms with van der Waals surface area (Å²) >= 11 is 2.45. The van der Waals surface area contributed by atoms with Crippen LogP contribution < -0.4 is 15.5 Å². The number of anilines is 2. The van der Waals surface area contributed by atoms with Crippen molar-refractivity contribution in [1.29, 1.82) is 0 Å². The monoisotopic (exact) mass is 274 g/mol. The van der Waals surface area contributed by atoms with Crippen molar-refractivity contribution in [1.82, 2.24) is 10.1 Å². The summed E-state index contributed by atoms with van der Waals surface area (Å²) in [4.78, 5) is 15.9. The molecule has 0 fully saturated rings. The van der Waals surface area contributed by atoms with Crippen LogP contribution in [0.5, 0.6) is 0 Å². The maximum Gasteiger partial charge on any atom is 0.295 e. The van der Waals surface area contributed by atoms with Gasteiger partial charge in [-0.1, -0.05) is 15.6 Å². The Balaban J connectivity index is 2.09. The zero-order chi connectivity index (χ0) is 13.8. The Morgan fingerprint density at radius 3 is 3.05 bits per heavy atom. The van der Waals surface area contributed by atoms with E-state index >= 15 is 0 Å². The van der Waals surface area contributed by atoms with E-state index in [9.17, 15) is 4.79 Å². The number of hydrogen-bond donors (Lipinski definition) is 2. The number of nitrogens with one attached hydrogen (secondary N) is 1. The first-order valence-electron chi connectivity index (χ1n) is 5.38. The average Bonchev–Trinajstić information content (AvgIpc) is 2.83. The maximum absolute atomic E-state index is 11.9. The summed E-state index contributed by atoms with van der Waals surface area (Å²) < 4.78 is 10.5. The Bertz CT molecular complexity index is 599. The fraction of sp³-hybridized carbons (Fsp3) is 0.182. The first kappa shape index (κ1) is 13.6. The highest BCUT2D eigenvalue weighted by molar-refractivity contribution is 6.35. The third kappa shape index (κ3) is 3.32. The van der Waals surface area contributed by atoms with Gasteiger partial charge >= 0.3 is 0 Å². The number of nitrogen functional groups attached to an aromatic ring is 1. The Hall–Kier alpha value is -1.88. The molecule has 0 unspecified atom stereocenters. The van der Waals surface area contributed by atoms with Gasteiger partial charge in [0.15, 0.2) is 16.3 Å². The summed E-state index contributed by atoms with van der Waals surface area (Å²) in [5, 5.41) is 6.26. The van der Waals surface area contributed by atoms with Crippen LogP contribution in [0.25, 0.3) is 0 Å². The predicted octanol–water partition coefficient (Wildman–Crippen LogP) is -0.156. The quantitative estimate of drug-likeness (QED) is 0.751. The maximum atomic E-state index is 11.9. The molecule has 7 nitrogen and oxygen atoms in total. The highest BCUT2D eigenvalue weighted by Crippen LogP contribution is 2.09. The zero-order valence-corrected chi connectivity index (χ0v) is 11.4. The molecule has 1 amide bonds. The van der Waals surface area contributed by atoms with Crippen molar-refractivity contribution in [2.45, 2.75) is 6.61 Å². The lowest BCUT2D eigenvalue weighted by Crippen LogP contribution is -2.16. The van der Waals surface area contributed by atoms with E-state index in [-0.39, 0.29) is 12.4 Å².